The highest BCUT2D eigenvalue weighted by Gasteiger charge is 2.36. The molecule has 1 amide bonds. The maximum absolute atomic E-state index is 12.8. The lowest BCUT2D eigenvalue weighted by Crippen LogP contribution is -2.41. The molecule has 32 heavy (non-hydrogen) atoms. The van der Waals surface area contributed by atoms with Crippen molar-refractivity contribution < 1.29 is 14.3 Å². The molecule has 164 valence electrons. The Morgan fingerprint density at radius 2 is 1.53 bits per heavy atom. The third-order valence-corrected chi connectivity index (χ3v) is 6.29. The lowest BCUT2D eigenvalue weighted by molar-refractivity contribution is -0.153. The summed E-state index contributed by atoms with van der Waals surface area (Å²) in [4.78, 5) is 26.9. The third-order valence-electron chi connectivity index (χ3n) is 6.29. The van der Waals surface area contributed by atoms with Gasteiger partial charge in [0.25, 0.3) is 0 Å². The van der Waals surface area contributed by atoms with Gasteiger partial charge in [-0.3, -0.25) is 9.59 Å². The van der Waals surface area contributed by atoms with Crippen LogP contribution in [0.3, 0.4) is 0 Å². The SMILES string of the molecule is O=C(OCc1cn(-c2ccccc2)nc1-c1ccccc1)C1CCN(C(=O)C2CC2)CC1. The summed E-state index contributed by atoms with van der Waals surface area (Å²) in [6.45, 7) is 1.48. The summed E-state index contributed by atoms with van der Waals surface area (Å²) in [6, 6.07) is 19.8. The molecule has 0 N–H and O–H groups in total. The van der Waals surface area contributed by atoms with Crippen molar-refractivity contribution in [2.24, 2.45) is 11.8 Å². The molecule has 0 atom stereocenters. The molecule has 2 heterocycles. The van der Waals surface area contributed by atoms with Crippen molar-refractivity contribution >= 4 is 11.9 Å². The largest absolute Gasteiger partial charge is 0.460 e. The summed E-state index contributed by atoms with van der Waals surface area (Å²) < 4.78 is 7.57. The first kappa shape index (κ1) is 20.5. The van der Waals surface area contributed by atoms with Crippen molar-refractivity contribution in [3.8, 4) is 16.9 Å². The van der Waals surface area contributed by atoms with Crippen LogP contribution in [0.15, 0.2) is 66.9 Å². The summed E-state index contributed by atoms with van der Waals surface area (Å²) in [5, 5.41) is 4.77. The fraction of sp³-hybridized carbons (Fsp3) is 0.346. The Hall–Kier alpha value is -3.41. The molecule has 0 radical (unpaired) electrons. The quantitative estimate of drug-likeness (QED) is 0.550. The second kappa shape index (κ2) is 8.99. The van der Waals surface area contributed by atoms with E-state index < -0.39 is 0 Å². The smallest absolute Gasteiger partial charge is 0.309 e. The molecule has 2 aliphatic rings. The zero-order chi connectivity index (χ0) is 21.9. The van der Waals surface area contributed by atoms with Crippen molar-refractivity contribution in [3.05, 3.63) is 72.4 Å². The van der Waals surface area contributed by atoms with Gasteiger partial charge < -0.3 is 9.64 Å². The minimum atomic E-state index is -0.185. The van der Waals surface area contributed by atoms with Gasteiger partial charge in [0, 0.05) is 36.3 Å². The van der Waals surface area contributed by atoms with Crippen LogP contribution in [0.2, 0.25) is 0 Å². The van der Waals surface area contributed by atoms with Gasteiger partial charge in [-0.05, 0) is 37.8 Å². The Morgan fingerprint density at radius 3 is 2.19 bits per heavy atom. The van der Waals surface area contributed by atoms with Gasteiger partial charge in [-0.1, -0.05) is 48.5 Å². The van der Waals surface area contributed by atoms with Gasteiger partial charge in [0.05, 0.1) is 17.3 Å². The van der Waals surface area contributed by atoms with Crippen molar-refractivity contribution in [2.45, 2.75) is 32.3 Å². The predicted molar refractivity (Wildman–Crippen MR) is 121 cm³/mol. The average Bonchev–Trinajstić information content (AvgIpc) is 3.62. The number of rotatable bonds is 6. The highest BCUT2D eigenvalue weighted by atomic mass is 16.5. The number of amides is 1. The van der Waals surface area contributed by atoms with Crippen LogP contribution in [-0.2, 0) is 20.9 Å². The number of likely N-dealkylation sites (tertiary alicyclic amines) is 1. The van der Waals surface area contributed by atoms with Crippen molar-refractivity contribution in [1.82, 2.24) is 14.7 Å². The summed E-state index contributed by atoms with van der Waals surface area (Å²) in [5.41, 5.74) is 3.62. The first-order valence-electron chi connectivity index (χ1n) is 11.3. The molecule has 6 nitrogen and oxygen atoms in total. The van der Waals surface area contributed by atoms with E-state index in [1.807, 2.05) is 76.4 Å². The number of esters is 1. The zero-order valence-corrected chi connectivity index (χ0v) is 18.0. The van der Waals surface area contributed by atoms with Gasteiger partial charge in [0.1, 0.15) is 6.61 Å². The fourth-order valence-corrected chi connectivity index (χ4v) is 4.26. The Morgan fingerprint density at radius 1 is 0.875 bits per heavy atom. The molecule has 3 aromatic rings. The number of nitrogens with zero attached hydrogens (tertiary/aromatic N) is 3. The van der Waals surface area contributed by atoms with E-state index in [-0.39, 0.29) is 30.3 Å². The number of para-hydroxylation sites is 1. The number of piperidine rings is 1. The summed E-state index contributed by atoms with van der Waals surface area (Å²) in [7, 11) is 0. The number of hydrogen-bond donors (Lipinski definition) is 0. The van der Waals surface area contributed by atoms with E-state index in [0.717, 1.165) is 35.3 Å². The number of hydrogen-bond acceptors (Lipinski definition) is 4. The van der Waals surface area contributed by atoms with Crippen molar-refractivity contribution in [2.75, 3.05) is 13.1 Å². The summed E-state index contributed by atoms with van der Waals surface area (Å²) in [5.74, 6) is 0.159. The molecule has 0 bridgehead atoms. The van der Waals surface area contributed by atoms with E-state index in [2.05, 4.69) is 0 Å². The molecule has 1 aliphatic carbocycles. The monoisotopic (exact) mass is 429 g/mol. The first-order valence-corrected chi connectivity index (χ1v) is 11.3. The molecule has 1 aromatic heterocycles. The number of benzene rings is 2. The molecule has 5 rings (SSSR count). The minimum Gasteiger partial charge on any atom is -0.460 e. The van der Waals surface area contributed by atoms with Gasteiger partial charge in [0.15, 0.2) is 0 Å². The van der Waals surface area contributed by atoms with Crippen LogP contribution in [-0.4, -0.2) is 39.6 Å². The highest BCUT2D eigenvalue weighted by Crippen LogP contribution is 2.33. The summed E-state index contributed by atoms with van der Waals surface area (Å²) in [6.07, 6.45) is 5.31. The van der Waals surface area contributed by atoms with Crippen molar-refractivity contribution in [3.63, 3.8) is 0 Å². The van der Waals surface area contributed by atoms with Crippen LogP contribution < -0.4 is 0 Å². The molecule has 1 saturated carbocycles. The molecule has 2 aromatic carbocycles. The van der Waals surface area contributed by atoms with Gasteiger partial charge in [-0.25, -0.2) is 4.68 Å². The third kappa shape index (κ3) is 4.44. The van der Waals surface area contributed by atoms with E-state index in [1.165, 1.54) is 0 Å². The number of ether oxygens (including phenoxy) is 1. The molecular formula is C26H27N3O3. The van der Waals surface area contributed by atoms with E-state index in [9.17, 15) is 9.59 Å². The molecule has 0 unspecified atom stereocenters. The highest BCUT2D eigenvalue weighted by molar-refractivity contribution is 5.81. The zero-order valence-electron chi connectivity index (χ0n) is 18.0. The molecular weight excluding hydrogens is 402 g/mol. The van der Waals surface area contributed by atoms with E-state index in [1.54, 1.807) is 0 Å². The van der Waals surface area contributed by atoms with Crippen LogP contribution in [0.25, 0.3) is 16.9 Å². The maximum Gasteiger partial charge on any atom is 0.309 e. The molecule has 1 saturated heterocycles. The van der Waals surface area contributed by atoms with E-state index in [4.69, 9.17) is 9.84 Å². The number of aromatic nitrogens is 2. The maximum atomic E-state index is 12.8. The second-order valence-electron chi connectivity index (χ2n) is 8.63. The lowest BCUT2D eigenvalue weighted by atomic mass is 9.96. The minimum absolute atomic E-state index is 0.150. The Balaban J connectivity index is 1.27. The Kier molecular flexibility index (Phi) is 5.75. The summed E-state index contributed by atoms with van der Waals surface area (Å²) >= 11 is 0. The van der Waals surface area contributed by atoms with Crippen LogP contribution in [0.1, 0.15) is 31.2 Å². The first-order chi connectivity index (χ1) is 15.7. The standard InChI is InChI=1S/C26H27N3O3/c30-25(20-11-12-20)28-15-13-21(14-16-28)26(31)32-18-22-17-29(23-9-5-2-6-10-23)27-24(22)19-7-3-1-4-8-19/h1-10,17,20-21H,11-16,18H2. The van der Waals surface area contributed by atoms with Gasteiger partial charge in [0.2, 0.25) is 5.91 Å². The van der Waals surface area contributed by atoms with Crippen LogP contribution in [0, 0.1) is 11.8 Å². The van der Waals surface area contributed by atoms with Crippen LogP contribution in [0.5, 0.6) is 0 Å². The Labute approximate surface area is 187 Å². The normalized spacial score (nSPS) is 16.7. The fourth-order valence-electron chi connectivity index (χ4n) is 4.26. The van der Waals surface area contributed by atoms with Crippen LogP contribution >= 0.6 is 0 Å². The lowest BCUT2D eigenvalue weighted by Gasteiger charge is -2.31. The van der Waals surface area contributed by atoms with Crippen molar-refractivity contribution in [1.29, 1.82) is 0 Å². The molecule has 0 spiro atoms. The van der Waals surface area contributed by atoms with Gasteiger partial charge in [-0.15, -0.1) is 0 Å². The number of carbonyl (C=O) groups excluding carboxylic acids is 2. The Bertz CT molecular complexity index is 1080. The molecule has 1 aliphatic heterocycles. The van der Waals surface area contributed by atoms with Crippen LogP contribution in [0.4, 0.5) is 0 Å². The number of carbonyl (C=O) groups is 2. The van der Waals surface area contributed by atoms with E-state index >= 15 is 0 Å². The molecule has 2 fully saturated rings. The average molecular weight is 430 g/mol. The predicted octanol–water partition coefficient (Wildman–Crippen LogP) is 4.23. The second-order valence-corrected chi connectivity index (χ2v) is 8.63. The topological polar surface area (TPSA) is 64.4 Å². The van der Waals surface area contributed by atoms with E-state index in [0.29, 0.717) is 25.9 Å². The van der Waals surface area contributed by atoms with Gasteiger partial charge in [-0.2, -0.15) is 5.10 Å². The molecule has 6 heteroatoms. The van der Waals surface area contributed by atoms with Gasteiger partial charge >= 0.3 is 5.97 Å².